The van der Waals surface area contributed by atoms with Crippen molar-refractivity contribution in [1.29, 1.82) is 0 Å². The molecule has 0 radical (unpaired) electrons. The molecule has 2 aromatic carbocycles. The van der Waals surface area contributed by atoms with Crippen LogP contribution < -0.4 is 4.72 Å². The third kappa shape index (κ3) is 4.43. The minimum Gasteiger partial charge on any atom is -0.330 e. The van der Waals surface area contributed by atoms with Crippen LogP contribution in [0.1, 0.15) is 11.5 Å². The van der Waals surface area contributed by atoms with E-state index in [-0.39, 0.29) is 4.90 Å². The molecular formula is C20H18ClN5O2S2. The normalized spacial score (nSPS) is 11.7. The van der Waals surface area contributed by atoms with Crippen LogP contribution in [0.15, 0.2) is 64.8 Å². The summed E-state index contributed by atoms with van der Waals surface area (Å²) in [4.78, 5) is 13.4. The molecule has 4 aromatic rings. The molecule has 0 atom stereocenters. The second kappa shape index (κ2) is 8.25. The lowest BCUT2D eigenvalue weighted by molar-refractivity contribution is 0.601. The minimum absolute atomic E-state index is 0.142. The molecular weight excluding hydrogens is 442 g/mol. The van der Waals surface area contributed by atoms with Crippen LogP contribution in [0.2, 0.25) is 5.02 Å². The van der Waals surface area contributed by atoms with Crippen LogP contribution in [0, 0.1) is 6.92 Å². The lowest BCUT2D eigenvalue weighted by atomic mass is 10.3. The van der Waals surface area contributed by atoms with Gasteiger partial charge in [-0.25, -0.2) is 23.4 Å². The Morgan fingerprint density at radius 2 is 1.87 bits per heavy atom. The number of nitrogens with zero attached hydrogens (tertiary/aromatic N) is 4. The number of anilines is 1. The van der Waals surface area contributed by atoms with Crippen LogP contribution in [0.4, 0.5) is 5.69 Å². The number of rotatable bonds is 6. The zero-order chi connectivity index (χ0) is 21.3. The van der Waals surface area contributed by atoms with Crippen molar-refractivity contribution in [3.05, 3.63) is 71.3 Å². The van der Waals surface area contributed by atoms with Gasteiger partial charge in [0.05, 0.1) is 27.4 Å². The Kier molecular flexibility index (Phi) is 5.68. The number of fused-ring (bicyclic) bond motifs is 1. The molecule has 0 unspecified atom stereocenters. The van der Waals surface area contributed by atoms with Gasteiger partial charge >= 0.3 is 0 Å². The molecule has 7 nitrogen and oxygen atoms in total. The van der Waals surface area contributed by atoms with Gasteiger partial charge in [0, 0.05) is 24.0 Å². The van der Waals surface area contributed by atoms with E-state index in [1.165, 1.54) is 23.9 Å². The van der Waals surface area contributed by atoms with E-state index in [0.29, 0.717) is 27.1 Å². The monoisotopic (exact) mass is 459 g/mol. The fourth-order valence-corrected chi connectivity index (χ4v) is 4.93. The van der Waals surface area contributed by atoms with Crippen molar-refractivity contribution >= 4 is 50.1 Å². The number of hydrogen-bond acceptors (Lipinski definition) is 6. The molecule has 30 heavy (non-hydrogen) atoms. The molecule has 10 heteroatoms. The van der Waals surface area contributed by atoms with E-state index in [9.17, 15) is 8.42 Å². The highest BCUT2D eigenvalue weighted by Gasteiger charge is 2.16. The highest BCUT2D eigenvalue weighted by molar-refractivity contribution is 7.98. The summed E-state index contributed by atoms with van der Waals surface area (Å²) in [6, 6.07) is 13.2. The molecule has 0 saturated carbocycles. The summed E-state index contributed by atoms with van der Waals surface area (Å²) in [6.45, 7) is 1.92. The largest absolute Gasteiger partial charge is 0.330 e. The quantitative estimate of drug-likeness (QED) is 0.339. The van der Waals surface area contributed by atoms with Crippen molar-refractivity contribution in [2.75, 3.05) is 4.72 Å². The molecule has 0 aliphatic carbocycles. The Balaban J connectivity index is 1.56. The Morgan fingerprint density at radius 1 is 1.10 bits per heavy atom. The van der Waals surface area contributed by atoms with Gasteiger partial charge in [-0.2, -0.15) is 0 Å². The number of aryl methyl sites for hydroxylation is 2. The van der Waals surface area contributed by atoms with Crippen LogP contribution in [-0.4, -0.2) is 27.9 Å². The van der Waals surface area contributed by atoms with Crippen molar-refractivity contribution in [1.82, 2.24) is 19.5 Å². The molecule has 0 saturated heterocycles. The van der Waals surface area contributed by atoms with Gasteiger partial charge in [0.2, 0.25) is 0 Å². The number of aromatic nitrogens is 4. The number of sulfonamides is 1. The van der Waals surface area contributed by atoms with Gasteiger partial charge < -0.3 is 4.57 Å². The van der Waals surface area contributed by atoms with Gasteiger partial charge in [-0.3, -0.25) is 4.72 Å². The molecule has 0 spiro atoms. The SMILES string of the molecule is Cc1ccnc(SCc2nc3cc(NS(=O)(=O)c4ccc(Cl)cc4)ccc3n2C)n1. The summed E-state index contributed by atoms with van der Waals surface area (Å²) in [5.74, 6) is 1.44. The zero-order valence-corrected chi connectivity index (χ0v) is 18.6. The number of thioether (sulfide) groups is 1. The van der Waals surface area contributed by atoms with Gasteiger partial charge in [0.15, 0.2) is 5.16 Å². The molecule has 0 amide bonds. The number of halogens is 1. The molecule has 1 N–H and O–H groups in total. The molecule has 0 bridgehead atoms. The van der Waals surface area contributed by atoms with Crippen molar-refractivity contribution in [2.45, 2.75) is 22.7 Å². The number of imidazole rings is 1. The van der Waals surface area contributed by atoms with Gasteiger partial charge in [-0.05, 0) is 55.5 Å². The zero-order valence-electron chi connectivity index (χ0n) is 16.2. The molecule has 2 aromatic heterocycles. The maximum Gasteiger partial charge on any atom is 0.261 e. The first-order valence-corrected chi connectivity index (χ1v) is 11.8. The number of hydrogen-bond donors (Lipinski definition) is 1. The van der Waals surface area contributed by atoms with Gasteiger partial charge in [-0.15, -0.1) is 0 Å². The topological polar surface area (TPSA) is 89.8 Å². The van der Waals surface area contributed by atoms with E-state index < -0.39 is 10.0 Å². The molecule has 0 aliphatic rings. The maximum atomic E-state index is 12.6. The van der Waals surface area contributed by atoms with E-state index in [0.717, 1.165) is 17.0 Å². The standard InChI is InChI=1S/C20H18ClN5O2S2/c1-13-9-10-22-20(23-13)29-12-19-24-17-11-15(5-8-18(17)26(19)2)25-30(27,28)16-6-3-14(21)4-7-16/h3-11,25H,12H2,1-2H3. The lowest BCUT2D eigenvalue weighted by Gasteiger charge is -2.08. The van der Waals surface area contributed by atoms with Gasteiger partial charge in [-0.1, -0.05) is 23.4 Å². The summed E-state index contributed by atoms with van der Waals surface area (Å²) in [5, 5.41) is 1.17. The predicted octanol–water partition coefficient (Wildman–Crippen LogP) is 4.42. The molecule has 0 fully saturated rings. The second-order valence-corrected chi connectivity index (χ2v) is 9.68. The van der Waals surface area contributed by atoms with Crippen molar-refractivity contribution in [3.63, 3.8) is 0 Å². The van der Waals surface area contributed by atoms with Gasteiger partial charge in [0.25, 0.3) is 10.0 Å². The Hall–Kier alpha value is -2.62. The van der Waals surface area contributed by atoms with Crippen molar-refractivity contribution in [3.8, 4) is 0 Å². The Morgan fingerprint density at radius 3 is 2.60 bits per heavy atom. The van der Waals surface area contributed by atoms with Gasteiger partial charge in [0.1, 0.15) is 5.82 Å². The fraction of sp³-hybridized carbons (Fsp3) is 0.150. The van der Waals surface area contributed by atoms with Crippen molar-refractivity contribution < 1.29 is 8.42 Å². The van der Waals surface area contributed by atoms with Crippen LogP contribution >= 0.6 is 23.4 Å². The number of benzene rings is 2. The van der Waals surface area contributed by atoms with E-state index in [4.69, 9.17) is 11.6 Å². The highest BCUT2D eigenvalue weighted by Crippen LogP contribution is 2.25. The third-order valence-electron chi connectivity index (χ3n) is 4.45. The Bertz CT molecular complexity index is 1320. The smallest absolute Gasteiger partial charge is 0.261 e. The lowest BCUT2D eigenvalue weighted by Crippen LogP contribution is -2.12. The Labute approximate surface area is 183 Å². The predicted molar refractivity (Wildman–Crippen MR) is 119 cm³/mol. The summed E-state index contributed by atoms with van der Waals surface area (Å²) >= 11 is 7.34. The molecule has 154 valence electrons. The van der Waals surface area contributed by atoms with Crippen LogP contribution in [-0.2, 0) is 22.8 Å². The first-order chi connectivity index (χ1) is 14.3. The summed E-state index contributed by atoms with van der Waals surface area (Å²) in [5.41, 5.74) is 2.96. The maximum absolute atomic E-state index is 12.6. The first-order valence-electron chi connectivity index (χ1n) is 8.98. The van der Waals surface area contributed by atoms with E-state index in [2.05, 4.69) is 19.7 Å². The molecule has 2 heterocycles. The van der Waals surface area contributed by atoms with Crippen LogP contribution in [0.5, 0.6) is 0 Å². The van der Waals surface area contributed by atoms with E-state index in [1.54, 1.807) is 30.5 Å². The van der Waals surface area contributed by atoms with Crippen molar-refractivity contribution in [2.24, 2.45) is 7.05 Å². The average Bonchev–Trinajstić information content (AvgIpc) is 3.01. The van der Waals surface area contributed by atoms with Crippen LogP contribution in [0.3, 0.4) is 0 Å². The summed E-state index contributed by atoms with van der Waals surface area (Å²) < 4.78 is 29.8. The second-order valence-electron chi connectivity index (χ2n) is 6.62. The molecule has 4 rings (SSSR count). The first kappa shape index (κ1) is 20.6. The minimum atomic E-state index is -3.72. The summed E-state index contributed by atoms with van der Waals surface area (Å²) in [7, 11) is -1.79. The third-order valence-corrected chi connectivity index (χ3v) is 6.96. The van der Waals surface area contributed by atoms with Crippen LogP contribution in [0.25, 0.3) is 11.0 Å². The van der Waals surface area contributed by atoms with E-state index >= 15 is 0 Å². The highest BCUT2D eigenvalue weighted by atomic mass is 35.5. The molecule has 0 aliphatic heterocycles. The fourth-order valence-electron chi connectivity index (χ4n) is 2.89. The van der Waals surface area contributed by atoms with E-state index in [1.807, 2.05) is 30.7 Å². The average molecular weight is 460 g/mol. The number of nitrogens with one attached hydrogen (secondary N) is 1. The summed E-state index contributed by atoms with van der Waals surface area (Å²) in [6.07, 6.45) is 1.73.